The second-order valence-corrected chi connectivity index (χ2v) is 5.77. The van der Waals surface area contributed by atoms with Gasteiger partial charge in [0, 0.05) is 13.1 Å². The summed E-state index contributed by atoms with van der Waals surface area (Å²) in [7, 11) is -3.67. The van der Waals surface area contributed by atoms with Gasteiger partial charge in [-0.25, -0.2) is 0 Å². The molecule has 0 radical (unpaired) electrons. The van der Waals surface area contributed by atoms with Gasteiger partial charge in [-0.1, -0.05) is 0 Å². The molecule has 1 aliphatic heterocycles. The molecule has 1 aromatic rings. The van der Waals surface area contributed by atoms with Crippen LogP contribution < -0.4 is 4.72 Å². The van der Waals surface area contributed by atoms with Gasteiger partial charge in [-0.3, -0.25) is 4.72 Å². The van der Waals surface area contributed by atoms with E-state index in [2.05, 4.69) is 4.72 Å². The Hall–Kier alpha value is -2.13. The second kappa shape index (κ2) is 5.88. The van der Waals surface area contributed by atoms with Crippen LogP contribution in [0.1, 0.15) is 11.1 Å². The van der Waals surface area contributed by atoms with Crippen LogP contribution in [0.3, 0.4) is 0 Å². The summed E-state index contributed by atoms with van der Waals surface area (Å²) in [6.45, 7) is 1.29. The SMILES string of the molecule is N#Cc1ccc(NS(=O)(=O)N2CCOCC2)cc1C#N. The van der Waals surface area contributed by atoms with E-state index in [-0.39, 0.29) is 29.9 Å². The normalized spacial score (nSPS) is 16.1. The Morgan fingerprint density at radius 1 is 1.15 bits per heavy atom. The molecule has 0 aromatic heterocycles. The van der Waals surface area contributed by atoms with Crippen molar-refractivity contribution < 1.29 is 13.2 Å². The quantitative estimate of drug-likeness (QED) is 0.869. The molecule has 7 nitrogen and oxygen atoms in total. The highest BCUT2D eigenvalue weighted by molar-refractivity contribution is 7.90. The minimum atomic E-state index is -3.67. The standard InChI is InChI=1S/C12H12N4O3S/c13-8-10-1-2-12(7-11(10)9-14)15-20(17,18)16-3-5-19-6-4-16/h1-2,7,15H,3-6H2. The molecule has 1 heterocycles. The van der Waals surface area contributed by atoms with E-state index in [9.17, 15) is 8.42 Å². The van der Waals surface area contributed by atoms with Crippen molar-refractivity contribution in [3.8, 4) is 12.1 Å². The van der Waals surface area contributed by atoms with E-state index in [0.29, 0.717) is 13.2 Å². The van der Waals surface area contributed by atoms with Crippen LogP contribution >= 0.6 is 0 Å². The van der Waals surface area contributed by atoms with Crippen molar-refractivity contribution >= 4 is 15.9 Å². The lowest BCUT2D eigenvalue weighted by atomic mass is 10.1. The molecule has 0 bridgehead atoms. The summed E-state index contributed by atoms with van der Waals surface area (Å²) in [5, 5.41) is 17.7. The van der Waals surface area contributed by atoms with Gasteiger partial charge in [0.25, 0.3) is 0 Å². The number of rotatable bonds is 3. The van der Waals surface area contributed by atoms with Crippen molar-refractivity contribution in [2.45, 2.75) is 0 Å². The molecule has 2 rings (SSSR count). The van der Waals surface area contributed by atoms with Gasteiger partial charge in [-0.2, -0.15) is 23.2 Å². The molecule has 1 fully saturated rings. The van der Waals surface area contributed by atoms with Crippen LogP contribution in [0.2, 0.25) is 0 Å². The van der Waals surface area contributed by atoms with Crippen molar-refractivity contribution in [2.24, 2.45) is 0 Å². The van der Waals surface area contributed by atoms with Crippen molar-refractivity contribution in [2.75, 3.05) is 31.0 Å². The Labute approximate surface area is 117 Å². The van der Waals surface area contributed by atoms with Crippen LogP contribution in [0.4, 0.5) is 5.69 Å². The van der Waals surface area contributed by atoms with Crippen molar-refractivity contribution in [1.82, 2.24) is 4.31 Å². The molecule has 20 heavy (non-hydrogen) atoms. The van der Waals surface area contributed by atoms with E-state index in [0.717, 1.165) is 0 Å². The largest absolute Gasteiger partial charge is 0.379 e. The first kappa shape index (κ1) is 14.3. The molecule has 1 aliphatic rings. The Morgan fingerprint density at radius 3 is 2.40 bits per heavy atom. The minimum Gasteiger partial charge on any atom is -0.379 e. The third-order valence-corrected chi connectivity index (χ3v) is 4.36. The van der Waals surface area contributed by atoms with Gasteiger partial charge in [-0.15, -0.1) is 0 Å². The zero-order valence-corrected chi connectivity index (χ0v) is 11.4. The van der Waals surface area contributed by atoms with Gasteiger partial charge < -0.3 is 4.74 Å². The number of hydrogen-bond donors (Lipinski definition) is 1. The molecular weight excluding hydrogens is 280 g/mol. The van der Waals surface area contributed by atoms with Gasteiger partial charge in [0.2, 0.25) is 0 Å². The monoisotopic (exact) mass is 292 g/mol. The number of benzene rings is 1. The lowest BCUT2D eigenvalue weighted by Crippen LogP contribution is -2.43. The molecule has 1 N–H and O–H groups in total. The second-order valence-electron chi connectivity index (χ2n) is 4.10. The van der Waals surface area contributed by atoms with E-state index in [1.807, 2.05) is 12.1 Å². The van der Waals surface area contributed by atoms with Crippen LogP contribution in [0.25, 0.3) is 0 Å². The third kappa shape index (κ3) is 3.06. The summed E-state index contributed by atoms with van der Waals surface area (Å²) in [6, 6.07) is 7.95. The Bertz CT molecular complexity index is 682. The zero-order valence-electron chi connectivity index (χ0n) is 10.5. The Balaban J connectivity index is 2.21. The summed E-state index contributed by atoms with van der Waals surface area (Å²) in [6.07, 6.45) is 0. The van der Waals surface area contributed by atoms with Gasteiger partial charge in [-0.05, 0) is 18.2 Å². The predicted molar refractivity (Wildman–Crippen MR) is 70.8 cm³/mol. The summed E-state index contributed by atoms with van der Waals surface area (Å²) >= 11 is 0. The van der Waals surface area contributed by atoms with Crippen LogP contribution in [0, 0.1) is 22.7 Å². The van der Waals surface area contributed by atoms with Crippen molar-refractivity contribution in [1.29, 1.82) is 10.5 Å². The highest BCUT2D eigenvalue weighted by Gasteiger charge is 2.24. The predicted octanol–water partition coefficient (Wildman–Crippen LogP) is 0.419. The number of nitrogens with zero attached hydrogens (tertiary/aromatic N) is 3. The molecule has 0 saturated carbocycles. The summed E-state index contributed by atoms with van der Waals surface area (Å²) in [5.74, 6) is 0. The van der Waals surface area contributed by atoms with Crippen LogP contribution in [-0.4, -0.2) is 39.0 Å². The number of morpholine rings is 1. The maximum absolute atomic E-state index is 12.1. The van der Waals surface area contributed by atoms with Crippen LogP contribution in [0.5, 0.6) is 0 Å². The summed E-state index contributed by atoms with van der Waals surface area (Å²) in [4.78, 5) is 0. The first-order valence-electron chi connectivity index (χ1n) is 5.87. The van der Waals surface area contributed by atoms with E-state index in [1.165, 1.54) is 22.5 Å². The lowest BCUT2D eigenvalue weighted by molar-refractivity contribution is 0.0733. The van der Waals surface area contributed by atoms with E-state index in [4.69, 9.17) is 15.3 Å². The molecule has 0 spiro atoms. The average molecular weight is 292 g/mol. The smallest absolute Gasteiger partial charge is 0.301 e. The topological polar surface area (TPSA) is 106 Å². The van der Waals surface area contributed by atoms with E-state index >= 15 is 0 Å². The number of hydrogen-bond acceptors (Lipinski definition) is 5. The first-order chi connectivity index (χ1) is 9.56. The Morgan fingerprint density at radius 2 is 1.80 bits per heavy atom. The average Bonchev–Trinajstić information content (AvgIpc) is 2.47. The molecule has 8 heteroatoms. The fourth-order valence-electron chi connectivity index (χ4n) is 1.80. The van der Waals surface area contributed by atoms with Gasteiger partial charge in [0.05, 0.1) is 30.0 Å². The summed E-state index contributed by atoms with van der Waals surface area (Å²) < 4.78 is 33.0. The van der Waals surface area contributed by atoms with Crippen LogP contribution in [0.15, 0.2) is 18.2 Å². The highest BCUT2D eigenvalue weighted by atomic mass is 32.2. The number of nitriles is 2. The first-order valence-corrected chi connectivity index (χ1v) is 7.31. The fraction of sp³-hybridized carbons (Fsp3) is 0.333. The summed E-state index contributed by atoms with van der Waals surface area (Å²) in [5.41, 5.74) is 0.600. The molecule has 1 saturated heterocycles. The molecule has 0 unspecified atom stereocenters. The molecule has 0 aliphatic carbocycles. The number of anilines is 1. The molecule has 0 amide bonds. The van der Waals surface area contributed by atoms with Gasteiger partial charge >= 0.3 is 10.2 Å². The maximum atomic E-state index is 12.1. The number of nitrogens with one attached hydrogen (secondary N) is 1. The van der Waals surface area contributed by atoms with E-state index < -0.39 is 10.2 Å². The van der Waals surface area contributed by atoms with Gasteiger partial charge in [0.15, 0.2) is 0 Å². The molecule has 1 aromatic carbocycles. The lowest BCUT2D eigenvalue weighted by Gasteiger charge is -2.26. The molecular formula is C12H12N4O3S. The fourth-order valence-corrected chi connectivity index (χ4v) is 2.98. The van der Waals surface area contributed by atoms with Crippen molar-refractivity contribution in [3.63, 3.8) is 0 Å². The van der Waals surface area contributed by atoms with Gasteiger partial charge in [0.1, 0.15) is 12.1 Å². The molecule has 104 valence electrons. The van der Waals surface area contributed by atoms with Crippen molar-refractivity contribution in [3.05, 3.63) is 29.3 Å². The maximum Gasteiger partial charge on any atom is 0.301 e. The number of ether oxygens (including phenoxy) is 1. The minimum absolute atomic E-state index is 0.134. The van der Waals surface area contributed by atoms with Crippen LogP contribution in [-0.2, 0) is 14.9 Å². The zero-order chi connectivity index (χ0) is 14.6. The Kier molecular flexibility index (Phi) is 4.20. The molecule has 0 atom stereocenters. The third-order valence-electron chi connectivity index (χ3n) is 2.82. The van der Waals surface area contributed by atoms with E-state index in [1.54, 1.807) is 0 Å². The highest BCUT2D eigenvalue weighted by Crippen LogP contribution is 2.17.